The van der Waals surface area contributed by atoms with Gasteiger partial charge < -0.3 is 24.8 Å². The van der Waals surface area contributed by atoms with Crippen LogP contribution >= 0.6 is 0 Å². The number of nitrogens with one attached hydrogen (secondary N) is 2. The van der Waals surface area contributed by atoms with E-state index < -0.39 is 0 Å². The quantitative estimate of drug-likeness (QED) is 0.751. The Labute approximate surface area is 130 Å². The average Bonchev–Trinajstić information content (AvgIpc) is 3.03. The molecule has 1 aliphatic heterocycles. The number of hydrogen-bond donors (Lipinski definition) is 2. The minimum atomic E-state index is -0.266. The molecular weight excluding hydrogens is 286 g/mol. The van der Waals surface area contributed by atoms with Gasteiger partial charge in [0.25, 0.3) is 0 Å². The first-order chi connectivity index (χ1) is 10.7. The number of amides is 2. The summed E-state index contributed by atoms with van der Waals surface area (Å²) >= 11 is 0. The van der Waals surface area contributed by atoms with E-state index in [1.54, 1.807) is 25.4 Å². The molecular formula is C15H23N3O4. The van der Waals surface area contributed by atoms with Crippen molar-refractivity contribution in [1.29, 1.82) is 0 Å². The van der Waals surface area contributed by atoms with E-state index in [1.807, 2.05) is 6.92 Å². The molecule has 1 fully saturated rings. The maximum absolute atomic E-state index is 11.9. The molecule has 0 bridgehead atoms. The summed E-state index contributed by atoms with van der Waals surface area (Å²) in [5.41, 5.74) is 0.608. The topological polar surface area (TPSA) is 81.7 Å². The molecule has 2 amide bonds. The molecule has 2 rings (SSSR count). The van der Waals surface area contributed by atoms with Gasteiger partial charge in [0, 0.05) is 19.8 Å². The van der Waals surface area contributed by atoms with Gasteiger partial charge in [-0.15, -0.1) is 0 Å². The largest absolute Gasteiger partial charge is 0.475 e. The van der Waals surface area contributed by atoms with Crippen LogP contribution < -0.4 is 15.4 Å². The van der Waals surface area contributed by atoms with E-state index in [9.17, 15) is 4.79 Å². The highest BCUT2D eigenvalue weighted by Crippen LogP contribution is 2.16. The number of rotatable bonds is 7. The summed E-state index contributed by atoms with van der Waals surface area (Å²) in [5, 5.41) is 5.62. The average molecular weight is 309 g/mol. The number of carbonyl (C=O) groups excluding carboxylic acids is 1. The van der Waals surface area contributed by atoms with Crippen molar-refractivity contribution in [1.82, 2.24) is 10.3 Å². The number of ether oxygens (including phenoxy) is 3. The van der Waals surface area contributed by atoms with E-state index in [4.69, 9.17) is 14.2 Å². The van der Waals surface area contributed by atoms with Crippen LogP contribution in [0.15, 0.2) is 18.3 Å². The van der Waals surface area contributed by atoms with Gasteiger partial charge >= 0.3 is 6.03 Å². The van der Waals surface area contributed by atoms with Crippen molar-refractivity contribution in [2.75, 3.05) is 32.2 Å². The predicted octanol–water partition coefficient (Wildman–Crippen LogP) is 1.80. The van der Waals surface area contributed by atoms with Crippen molar-refractivity contribution in [2.24, 2.45) is 0 Å². The normalized spacial score (nSPS) is 18.7. The number of nitrogens with zero attached hydrogens (tertiary/aromatic N) is 1. The molecule has 122 valence electrons. The van der Waals surface area contributed by atoms with Crippen LogP contribution in [0.5, 0.6) is 5.88 Å². The smallest absolute Gasteiger partial charge is 0.319 e. The number of pyridine rings is 1. The Morgan fingerprint density at radius 3 is 3.00 bits per heavy atom. The van der Waals surface area contributed by atoms with Gasteiger partial charge in [-0.1, -0.05) is 0 Å². The third-order valence-corrected chi connectivity index (χ3v) is 3.41. The SMILES string of the molecule is COCCOc1ccc(NC(=O)NC(C)C2CCCO2)cn1. The summed E-state index contributed by atoms with van der Waals surface area (Å²) in [4.78, 5) is 16.0. The molecule has 0 aromatic carbocycles. The highest BCUT2D eigenvalue weighted by molar-refractivity contribution is 5.89. The fourth-order valence-corrected chi connectivity index (χ4v) is 2.23. The standard InChI is InChI=1S/C15H23N3O4/c1-11(13-4-3-7-21-13)17-15(19)18-12-5-6-14(16-10-12)22-9-8-20-2/h5-6,10-11,13H,3-4,7-9H2,1-2H3,(H2,17,18,19). The lowest BCUT2D eigenvalue weighted by Gasteiger charge is -2.20. The zero-order valence-electron chi connectivity index (χ0n) is 13.0. The fourth-order valence-electron chi connectivity index (χ4n) is 2.23. The van der Waals surface area contributed by atoms with Crippen LogP contribution in [-0.4, -0.2) is 50.1 Å². The van der Waals surface area contributed by atoms with Crippen LogP contribution in [0.2, 0.25) is 0 Å². The highest BCUT2D eigenvalue weighted by atomic mass is 16.5. The van der Waals surface area contributed by atoms with E-state index in [1.165, 1.54) is 0 Å². The van der Waals surface area contributed by atoms with Gasteiger partial charge in [-0.05, 0) is 25.8 Å². The van der Waals surface area contributed by atoms with Crippen molar-refractivity contribution in [3.05, 3.63) is 18.3 Å². The van der Waals surface area contributed by atoms with E-state index in [2.05, 4.69) is 15.6 Å². The molecule has 7 heteroatoms. The predicted molar refractivity (Wildman–Crippen MR) is 82.2 cm³/mol. The first-order valence-electron chi connectivity index (χ1n) is 7.46. The van der Waals surface area contributed by atoms with Crippen LogP contribution in [0, 0.1) is 0 Å². The molecule has 1 saturated heterocycles. The summed E-state index contributed by atoms with van der Waals surface area (Å²) in [6.45, 7) is 3.66. The van der Waals surface area contributed by atoms with Gasteiger partial charge in [0.15, 0.2) is 0 Å². The van der Waals surface area contributed by atoms with E-state index in [0.29, 0.717) is 24.8 Å². The molecule has 2 atom stereocenters. The molecule has 2 unspecified atom stereocenters. The second kappa shape index (κ2) is 8.55. The minimum Gasteiger partial charge on any atom is -0.475 e. The first kappa shape index (κ1) is 16.5. The van der Waals surface area contributed by atoms with Crippen molar-refractivity contribution in [3.63, 3.8) is 0 Å². The lowest BCUT2D eigenvalue weighted by atomic mass is 10.1. The lowest BCUT2D eigenvalue weighted by molar-refractivity contribution is 0.0868. The molecule has 2 heterocycles. The van der Waals surface area contributed by atoms with E-state index >= 15 is 0 Å². The molecule has 0 spiro atoms. The van der Waals surface area contributed by atoms with Gasteiger partial charge in [0.05, 0.1) is 30.6 Å². The van der Waals surface area contributed by atoms with Crippen LogP contribution in [0.3, 0.4) is 0 Å². The summed E-state index contributed by atoms with van der Waals surface area (Å²) in [6.07, 6.45) is 3.68. The Kier molecular flexibility index (Phi) is 6.42. The third-order valence-electron chi connectivity index (χ3n) is 3.41. The van der Waals surface area contributed by atoms with Gasteiger partial charge in [0.2, 0.25) is 5.88 Å². The fraction of sp³-hybridized carbons (Fsp3) is 0.600. The number of anilines is 1. The van der Waals surface area contributed by atoms with Crippen LogP contribution in [0.4, 0.5) is 10.5 Å². The summed E-state index contributed by atoms with van der Waals surface area (Å²) in [7, 11) is 1.61. The molecule has 1 aliphatic rings. The van der Waals surface area contributed by atoms with Gasteiger partial charge in [-0.25, -0.2) is 9.78 Å². The van der Waals surface area contributed by atoms with Gasteiger partial charge in [-0.2, -0.15) is 0 Å². The van der Waals surface area contributed by atoms with Gasteiger partial charge in [0.1, 0.15) is 6.61 Å². The molecule has 1 aromatic heterocycles. The second-order valence-electron chi connectivity index (χ2n) is 5.16. The lowest BCUT2D eigenvalue weighted by Crippen LogP contribution is -2.42. The summed E-state index contributed by atoms with van der Waals surface area (Å²) in [5.74, 6) is 0.496. The number of methoxy groups -OCH3 is 1. The Balaban J connectivity index is 1.76. The molecule has 1 aromatic rings. The molecule has 0 aliphatic carbocycles. The van der Waals surface area contributed by atoms with Crippen molar-refractivity contribution < 1.29 is 19.0 Å². The number of hydrogen-bond acceptors (Lipinski definition) is 5. The molecule has 22 heavy (non-hydrogen) atoms. The van der Waals surface area contributed by atoms with Crippen LogP contribution in [0.25, 0.3) is 0 Å². The van der Waals surface area contributed by atoms with Crippen molar-refractivity contribution in [2.45, 2.75) is 31.9 Å². The van der Waals surface area contributed by atoms with E-state index in [0.717, 1.165) is 19.4 Å². The number of urea groups is 1. The second-order valence-corrected chi connectivity index (χ2v) is 5.16. The van der Waals surface area contributed by atoms with E-state index in [-0.39, 0.29) is 18.2 Å². The maximum Gasteiger partial charge on any atom is 0.319 e. The molecule has 0 radical (unpaired) electrons. The molecule has 7 nitrogen and oxygen atoms in total. The minimum absolute atomic E-state index is 0.0212. The summed E-state index contributed by atoms with van der Waals surface area (Å²) < 4.78 is 15.8. The first-order valence-corrected chi connectivity index (χ1v) is 7.46. The van der Waals surface area contributed by atoms with Crippen LogP contribution in [0.1, 0.15) is 19.8 Å². The Morgan fingerprint density at radius 1 is 1.50 bits per heavy atom. The molecule has 0 saturated carbocycles. The Morgan fingerprint density at radius 2 is 2.36 bits per heavy atom. The van der Waals surface area contributed by atoms with Crippen molar-refractivity contribution in [3.8, 4) is 5.88 Å². The Hall–Kier alpha value is -1.86. The van der Waals surface area contributed by atoms with Crippen LogP contribution in [-0.2, 0) is 9.47 Å². The number of aromatic nitrogens is 1. The summed E-state index contributed by atoms with van der Waals surface area (Å²) in [6, 6.07) is 3.16. The van der Waals surface area contributed by atoms with Crippen molar-refractivity contribution >= 4 is 11.7 Å². The maximum atomic E-state index is 11.9. The number of carbonyl (C=O) groups is 1. The molecule has 2 N–H and O–H groups in total. The Bertz CT molecular complexity index is 460. The van der Waals surface area contributed by atoms with Gasteiger partial charge in [-0.3, -0.25) is 0 Å². The zero-order chi connectivity index (χ0) is 15.8. The monoisotopic (exact) mass is 309 g/mol. The highest BCUT2D eigenvalue weighted by Gasteiger charge is 2.23. The zero-order valence-corrected chi connectivity index (χ0v) is 13.0. The third kappa shape index (κ3) is 5.16.